The fourth-order valence-corrected chi connectivity index (χ4v) is 3.05. The first-order valence-corrected chi connectivity index (χ1v) is 7.84. The number of nitrogens with zero attached hydrogens (tertiary/aromatic N) is 1. The zero-order chi connectivity index (χ0) is 14.5. The van der Waals surface area contributed by atoms with Gasteiger partial charge in [0, 0.05) is 19.0 Å². The van der Waals surface area contributed by atoms with Gasteiger partial charge in [-0.2, -0.15) is 0 Å². The second kappa shape index (κ2) is 6.97. The average molecular weight is 302 g/mol. The molecular weight excluding hydrogens is 282 g/mol. The predicted molar refractivity (Wildman–Crippen MR) is 87.5 cm³/mol. The number of piperidine rings is 1. The standard InChI is InChI=1S/C18H20ClNO/c19-20-12-4-5-15(13-20)14-21-18-10-8-17(9-11-18)16-6-2-1-3-7-16/h1-3,6-11,15H,4-5,12-14H2. The van der Waals surface area contributed by atoms with E-state index in [2.05, 4.69) is 36.4 Å². The van der Waals surface area contributed by atoms with Crippen molar-refractivity contribution in [2.45, 2.75) is 12.8 Å². The number of halogens is 1. The number of rotatable bonds is 4. The van der Waals surface area contributed by atoms with Gasteiger partial charge >= 0.3 is 0 Å². The van der Waals surface area contributed by atoms with Crippen LogP contribution in [0.3, 0.4) is 0 Å². The molecule has 21 heavy (non-hydrogen) atoms. The van der Waals surface area contributed by atoms with Gasteiger partial charge in [0.05, 0.1) is 6.61 Å². The molecule has 110 valence electrons. The van der Waals surface area contributed by atoms with Gasteiger partial charge in [-0.1, -0.05) is 42.5 Å². The molecule has 1 aliphatic rings. The summed E-state index contributed by atoms with van der Waals surface area (Å²) < 4.78 is 7.77. The summed E-state index contributed by atoms with van der Waals surface area (Å²) in [4.78, 5) is 0. The number of hydrogen-bond acceptors (Lipinski definition) is 2. The fourth-order valence-electron chi connectivity index (χ4n) is 2.74. The molecule has 1 fully saturated rings. The molecule has 2 nitrogen and oxygen atoms in total. The Morgan fingerprint density at radius 2 is 1.71 bits per heavy atom. The third-order valence-electron chi connectivity index (χ3n) is 3.92. The first kappa shape index (κ1) is 14.4. The summed E-state index contributed by atoms with van der Waals surface area (Å²) in [5, 5.41) is 0. The minimum atomic E-state index is 0.532. The second-order valence-corrected chi connectivity index (χ2v) is 6.06. The van der Waals surface area contributed by atoms with Crippen LogP contribution < -0.4 is 4.74 Å². The molecule has 0 aromatic heterocycles. The Hall–Kier alpha value is -1.51. The first-order valence-electron chi connectivity index (χ1n) is 7.50. The molecule has 2 aromatic carbocycles. The van der Waals surface area contributed by atoms with Crippen LogP contribution in [0.4, 0.5) is 0 Å². The third kappa shape index (κ3) is 3.99. The van der Waals surface area contributed by atoms with E-state index in [9.17, 15) is 0 Å². The Balaban J connectivity index is 1.57. The molecule has 0 radical (unpaired) electrons. The van der Waals surface area contributed by atoms with Crippen LogP contribution in [0.2, 0.25) is 0 Å². The lowest BCUT2D eigenvalue weighted by atomic mass is 10.0. The Morgan fingerprint density at radius 3 is 2.43 bits per heavy atom. The van der Waals surface area contributed by atoms with E-state index >= 15 is 0 Å². The Kier molecular flexibility index (Phi) is 4.79. The quantitative estimate of drug-likeness (QED) is 0.765. The van der Waals surface area contributed by atoms with Crippen LogP contribution in [0.1, 0.15) is 12.8 Å². The van der Waals surface area contributed by atoms with Gasteiger partial charge in [0.1, 0.15) is 5.75 Å². The van der Waals surface area contributed by atoms with Gasteiger partial charge in [0.25, 0.3) is 0 Å². The summed E-state index contributed by atoms with van der Waals surface area (Å²) in [6.45, 7) is 2.65. The van der Waals surface area contributed by atoms with Crippen LogP contribution in [0.5, 0.6) is 5.75 Å². The Labute approximate surface area is 131 Å². The van der Waals surface area contributed by atoms with Gasteiger partial charge in [-0.3, -0.25) is 0 Å². The van der Waals surface area contributed by atoms with Crippen molar-refractivity contribution in [2.75, 3.05) is 19.7 Å². The zero-order valence-electron chi connectivity index (χ0n) is 12.0. The Bertz CT molecular complexity index is 555. The fraction of sp³-hybridized carbons (Fsp3) is 0.333. The smallest absolute Gasteiger partial charge is 0.119 e. The molecule has 0 bridgehead atoms. The van der Waals surface area contributed by atoms with Crippen molar-refractivity contribution >= 4 is 11.8 Å². The van der Waals surface area contributed by atoms with E-state index in [1.165, 1.54) is 17.5 Å². The first-order chi connectivity index (χ1) is 10.3. The van der Waals surface area contributed by atoms with Gasteiger partial charge in [-0.25, -0.2) is 4.42 Å². The van der Waals surface area contributed by atoms with Gasteiger partial charge < -0.3 is 4.74 Å². The van der Waals surface area contributed by atoms with Crippen molar-refractivity contribution in [1.82, 2.24) is 4.42 Å². The summed E-state index contributed by atoms with van der Waals surface area (Å²) in [7, 11) is 0. The molecule has 1 aliphatic heterocycles. The number of hydrogen-bond donors (Lipinski definition) is 0. The van der Waals surface area contributed by atoms with Crippen LogP contribution in [-0.2, 0) is 0 Å². The summed E-state index contributed by atoms with van der Waals surface area (Å²) in [5.74, 6) is 1.46. The van der Waals surface area contributed by atoms with Crippen molar-refractivity contribution < 1.29 is 4.74 Å². The topological polar surface area (TPSA) is 12.5 Å². The summed E-state index contributed by atoms with van der Waals surface area (Å²) >= 11 is 6.06. The molecule has 3 rings (SSSR count). The van der Waals surface area contributed by atoms with E-state index in [1.54, 1.807) is 0 Å². The van der Waals surface area contributed by atoms with E-state index < -0.39 is 0 Å². The van der Waals surface area contributed by atoms with E-state index in [0.717, 1.165) is 31.9 Å². The number of ether oxygens (including phenoxy) is 1. The lowest BCUT2D eigenvalue weighted by Crippen LogP contribution is -2.31. The van der Waals surface area contributed by atoms with Crippen LogP contribution >= 0.6 is 11.8 Å². The van der Waals surface area contributed by atoms with Crippen LogP contribution in [0.25, 0.3) is 11.1 Å². The van der Waals surface area contributed by atoms with Crippen molar-refractivity contribution in [3.63, 3.8) is 0 Å². The molecule has 1 saturated heterocycles. The molecule has 0 amide bonds. The predicted octanol–water partition coefficient (Wildman–Crippen LogP) is 4.60. The maximum atomic E-state index is 6.06. The highest BCUT2D eigenvalue weighted by atomic mass is 35.5. The van der Waals surface area contributed by atoms with Gasteiger partial charge in [0.15, 0.2) is 0 Å². The van der Waals surface area contributed by atoms with E-state index in [1.807, 2.05) is 22.6 Å². The molecule has 3 heteroatoms. The van der Waals surface area contributed by atoms with Crippen molar-refractivity contribution in [2.24, 2.45) is 5.92 Å². The molecule has 2 aromatic rings. The molecule has 0 aliphatic carbocycles. The highest BCUT2D eigenvalue weighted by Crippen LogP contribution is 2.23. The highest BCUT2D eigenvalue weighted by molar-refractivity contribution is 6.13. The van der Waals surface area contributed by atoms with E-state index in [0.29, 0.717) is 5.92 Å². The maximum absolute atomic E-state index is 6.06. The van der Waals surface area contributed by atoms with Crippen molar-refractivity contribution in [1.29, 1.82) is 0 Å². The minimum absolute atomic E-state index is 0.532. The molecule has 0 saturated carbocycles. The van der Waals surface area contributed by atoms with E-state index in [-0.39, 0.29) is 0 Å². The molecule has 1 unspecified atom stereocenters. The number of benzene rings is 2. The average Bonchev–Trinajstić information content (AvgIpc) is 2.54. The van der Waals surface area contributed by atoms with Gasteiger partial charge in [-0.15, -0.1) is 0 Å². The van der Waals surface area contributed by atoms with Crippen LogP contribution in [0.15, 0.2) is 54.6 Å². The summed E-state index contributed by atoms with van der Waals surface area (Å²) in [6, 6.07) is 18.7. The van der Waals surface area contributed by atoms with E-state index in [4.69, 9.17) is 16.5 Å². The van der Waals surface area contributed by atoms with Crippen LogP contribution in [-0.4, -0.2) is 24.1 Å². The normalized spacial score (nSPS) is 19.4. The van der Waals surface area contributed by atoms with Gasteiger partial charge in [-0.05, 0) is 47.9 Å². The molecule has 0 N–H and O–H groups in total. The van der Waals surface area contributed by atoms with Crippen molar-refractivity contribution in [3.05, 3.63) is 54.6 Å². The lowest BCUT2D eigenvalue weighted by molar-refractivity contribution is 0.183. The summed E-state index contributed by atoms with van der Waals surface area (Å²) in [6.07, 6.45) is 2.36. The molecule has 1 heterocycles. The Morgan fingerprint density at radius 1 is 1.00 bits per heavy atom. The second-order valence-electron chi connectivity index (χ2n) is 5.58. The maximum Gasteiger partial charge on any atom is 0.119 e. The highest BCUT2D eigenvalue weighted by Gasteiger charge is 2.18. The van der Waals surface area contributed by atoms with Crippen molar-refractivity contribution in [3.8, 4) is 16.9 Å². The van der Waals surface area contributed by atoms with Crippen LogP contribution in [0, 0.1) is 5.92 Å². The monoisotopic (exact) mass is 301 g/mol. The van der Waals surface area contributed by atoms with Gasteiger partial charge in [0.2, 0.25) is 0 Å². The largest absolute Gasteiger partial charge is 0.493 e. The summed E-state index contributed by atoms with van der Waals surface area (Å²) in [5.41, 5.74) is 2.45. The zero-order valence-corrected chi connectivity index (χ0v) is 12.8. The lowest BCUT2D eigenvalue weighted by Gasteiger charge is -2.27. The minimum Gasteiger partial charge on any atom is -0.493 e. The molecule has 0 spiro atoms. The molecule has 1 atom stereocenters. The third-order valence-corrected chi connectivity index (χ3v) is 4.22. The molecular formula is C18H20ClNO. The SMILES string of the molecule is ClN1CCCC(COc2ccc(-c3ccccc3)cc2)C1.